The van der Waals surface area contributed by atoms with Crippen molar-refractivity contribution < 1.29 is 4.42 Å². The molecule has 4 rings (SSSR count). The van der Waals surface area contributed by atoms with E-state index in [2.05, 4.69) is 30.4 Å². The monoisotopic (exact) mass is 352 g/mol. The van der Waals surface area contributed by atoms with E-state index in [1.165, 1.54) is 12.8 Å². The van der Waals surface area contributed by atoms with Crippen LogP contribution in [-0.2, 0) is 6.54 Å². The minimum atomic E-state index is 0.285. The van der Waals surface area contributed by atoms with Crippen molar-refractivity contribution in [3.05, 3.63) is 28.0 Å². The van der Waals surface area contributed by atoms with Crippen LogP contribution in [0.5, 0.6) is 0 Å². The molecular weight excluding hydrogens is 339 g/mol. The predicted molar refractivity (Wildman–Crippen MR) is 88.2 cm³/mol. The van der Waals surface area contributed by atoms with Gasteiger partial charge in [0.05, 0.1) is 11.6 Å². The summed E-state index contributed by atoms with van der Waals surface area (Å²) in [6.07, 6.45) is 2.48. The number of hydrogen-bond donors (Lipinski definition) is 2. The van der Waals surface area contributed by atoms with Crippen molar-refractivity contribution in [3.63, 3.8) is 0 Å². The third kappa shape index (κ3) is 3.12. The second-order valence-electron chi connectivity index (χ2n) is 5.48. The summed E-state index contributed by atoms with van der Waals surface area (Å²) in [6.45, 7) is 2.98. The molecule has 2 N–H and O–H groups in total. The van der Waals surface area contributed by atoms with E-state index in [1.54, 1.807) is 12.1 Å². The molecule has 0 radical (unpaired) electrons. The van der Waals surface area contributed by atoms with Gasteiger partial charge >= 0.3 is 6.01 Å². The Balaban J connectivity index is 1.51. The van der Waals surface area contributed by atoms with Crippen LogP contribution >= 0.6 is 23.2 Å². The number of hydrogen-bond acceptors (Lipinski definition) is 6. The summed E-state index contributed by atoms with van der Waals surface area (Å²) in [6, 6.07) is 3.58. The smallest absolute Gasteiger partial charge is 0.302 e. The van der Waals surface area contributed by atoms with Crippen molar-refractivity contribution in [2.75, 3.05) is 18.4 Å². The summed E-state index contributed by atoms with van der Waals surface area (Å²) < 4.78 is 5.59. The second kappa shape index (κ2) is 5.99. The quantitative estimate of drug-likeness (QED) is 0.746. The summed E-state index contributed by atoms with van der Waals surface area (Å²) in [7, 11) is 0. The van der Waals surface area contributed by atoms with Crippen molar-refractivity contribution in [2.45, 2.75) is 19.4 Å². The molecule has 0 aliphatic carbocycles. The van der Waals surface area contributed by atoms with Crippen LogP contribution in [0.1, 0.15) is 18.7 Å². The van der Waals surface area contributed by atoms with Crippen molar-refractivity contribution in [2.24, 2.45) is 0 Å². The lowest BCUT2D eigenvalue weighted by Crippen LogP contribution is -2.19. The van der Waals surface area contributed by atoms with Crippen molar-refractivity contribution in [1.82, 2.24) is 25.1 Å². The molecule has 0 bridgehead atoms. The molecule has 9 heteroatoms. The van der Waals surface area contributed by atoms with Gasteiger partial charge in [0.1, 0.15) is 11.3 Å². The zero-order chi connectivity index (χ0) is 15.8. The van der Waals surface area contributed by atoms with Gasteiger partial charge in [0.25, 0.3) is 0 Å². The number of nitrogens with zero attached hydrogens (tertiary/aromatic N) is 4. The molecule has 23 heavy (non-hydrogen) atoms. The molecule has 120 valence electrons. The van der Waals surface area contributed by atoms with Crippen LogP contribution < -0.4 is 5.32 Å². The Hall–Kier alpha value is -1.83. The van der Waals surface area contributed by atoms with Gasteiger partial charge in [0.15, 0.2) is 5.58 Å². The summed E-state index contributed by atoms with van der Waals surface area (Å²) >= 11 is 12.1. The fraction of sp³-hybridized carbons (Fsp3) is 0.357. The molecule has 0 unspecified atom stereocenters. The van der Waals surface area contributed by atoms with Crippen molar-refractivity contribution in [1.29, 1.82) is 0 Å². The molecule has 7 nitrogen and oxygen atoms in total. The van der Waals surface area contributed by atoms with Crippen LogP contribution in [0, 0.1) is 0 Å². The largest absolute Gasteiger partial charge is 0.423 e. The van der Waals surface area contributed by atoms with Crippen LogP contribution in [0.2, 0.25) is 10.0 Å². The van der Waals surface area contributed by atoms with Crippen LogP contribution in [-0.4, -0.2) is 38.2 Å². The highest BCUT2D eigenvalue weighted by molar-refractivity contribution is 6.38. The molecule has 0 amide bonds. The van der Waals surface area contributed by atoms with E-state index in [1.807, 2.05) is 0 Å². The number of likely N-dealkylation sites (tertiary alicyclic amines) is 1. The molecular formula is C14H14Cl2N6O. The maximum atomic E-state index is 6.10. The highest BCUT2D eigenvalue weighted by Crippen LogP contribution is 2.30. The Morgan fingerprint density at radius 1 is 1.22 bits per heavy atom. The number of aromatic amines is 1. The maximum Gasteiger partial charge on any atom is 0.302 e. The van der Waals surface area contributed by atoms with E-state index in [0.717, 1.165) is 25.5 Å². The average molecular weight is 353 g/mol. The number of rotatable bonds is 4. The Kier molecular flexibility index (Phi) is 3.84. The van der Waals surface area contributed by atoms with E-state index < -0.39 is 0 Å². The number of nitrogens with one attached hydrogen (secondary N) is 2. The Labute approximate surface area is 142 Å². The summed E-state index contributed by atoms with van der Waals surface area (Å²) in [5.41, 5.74) is 1.07. The lowest BCUT2D eigenvalue weighted by molar-refractivity contribution is 0.323. The highest BCUT2D eigenvalue weighted by atomic mass is 35.5. The van der Waals surface area contributed by atoms with E-state index >= 15 is 0 Å². The van der Waals surface area contributed by atoms with Gasteiger partial charge < -0.3 is 9.40 Å². The van der Waals surface area contributed by atoms with E-state index in [9.17, 15) is 0 Å². The van der Waals surface area contributed by atoms with Crippen LogP contribution in [0.15, 0.2) is 16.5 Å². The lowest BCUT2D eigenvalue weighted by atomic mass is 10.3. The van der Waals surface area contributed by atoms with Gasteiger partial charge in [-0.05, 0) is 32.0 Å². The molecule has 3 aromatic rings. The summed E-state index contributed by atoms with van der Waals surface area (Å²) in [5.74, 6) is 1.29. The normalized spacial score (nSPS) is 15.6. The van der Waals surface area contributed by atoms with Gasteiger partial charge in [0.2, 0.25) is 5.95 Å². The van der Waals surface area contributed by atoms with Crippen LogP contribution in [0.25, 0.3) is 11.1 Å². The average Bonchev–Trinajstić information content (AvgIpc) is 3.21. The Morgan fingerprint density at radius 2 is 2.04 bits per heavy atom. The standard InChI is InChI=1S/C14H14Cl2N6O/c15-8-5-9(16)12-10(6-8)23-14(18-12)19-13-17-11(20-21-13)7-22-3-1-2-4-22/h5-6H,1-4,7H2,(H2,17,18,19,20,21). The third-order valence-electron chi connectivity index (χ3n) is 3.74. The first kappa shape index (κ1) is 14.7. The van der Waals surface area contributed by atoms with E-state index in [-0.39, 0.29) is 6.01 Å². The summed E-state index contributed by atoms with van der Waals surface area (Å²) in [4.78, 5) is 9.76. The molecule has 3 heterocycles. The second-order valence-corrected chi connectivity index (χ2v) is 6.33. The van der Waals surface area contributed by atoms with Crippen molar-refractivity contribution in [3.8, 4) is 0 Å². The molecule has 1 fully saturated rings. The lowest BCUT2D eigenvalue weighted by Gasteiger charge is -2.11. The first-order chi connectivity index (χ1) is 11.2. The zero-order valence-corrected chi connectivity index (χ0v) is 13.7. The van der Waals surface area contributed by atoms with Crippen LogP contribution in [0.3, 0.4) is 0 Å². The number of anilines is 2. The minimum absolute atomic E-state index is 0.285. The molecule has 0 saturated carbocycles. The fourth-order valence-electron chi connectivity index (χ4n) is 2.69. The number of halogens is 2. The summed E-state index contributed by atoms with van der Waals surface area (Å²) in [5, 5.41) is 12.1. The molecule has 1 aromatic carbocycles. The fourth-order valence-corrected chi connectivity index (χ4v) is 3.21. The van der Waals surface area contributed by atoms with Gasteiger partial charge in [-0.25, -0.2) is 0 Å². The molecule has 1 aliphatic heterocycles. The first-order valence-corrected chi connectivity index (χ1v) is 8.09. The molecule has 0 spiro atoms. The van der Waals surface area contributed by atoms with Crippen molar-refractivity contribution >= 4 is 46.3 Å². The molecule has 0 atom stereocenters. The van der Waals surface area contributed by atoms with Gasteiger partial charge in [0, 0.05) is 11.1 Å². The number of oxazole rings is 1. The molecule has 1 saturated heterocycles. The topological polar surface area (TPSA) is 82.9 Å². The van der Waals surface area contributed by atoms with Gasteiger partial charge in [-0.2, -0.15) is 4.98 Å². The van der Waals surface area contributed by atoms with E-state index in [4.69, 9.17) is 27.6 Å². The minimum Gasteiger partial charge on any atom is -0.423 e. The Morgan fingerprint density at radius 3 is 2.87 bits per heavy atom. The third-order valence-corrected chi connectivity index (χ3v) is 4.25. The number of aromatic nitrogens is 4. The van der Waals surface area contributed by atoms with Gasteiger partial charge in [-0.1, -0.05) is 23.2 Å². The van der Waals surface area contributed by atoms with Crippen LogP contribution in [0.4, 0.5) is 12.0 Å². The predicted octanol–water partition coefficient (Wildman–Crippen LogP) is 3.59. The number of fused-ring (bicyclic) bond motifs is 1. The number of benzene rings is 1. The molecule has 1 aliphatic rings. The van der Waals surface area contributed by atoms with Gasteiger partial charge in [-0.3, -0.25) is 10.2 Å². The highest BCUT2D eigenvalue weighted by Gasteiger charge is 2.15. The number of H-pyrrole nitrogens is 1. The van der Waals surface area contributed by atoms with Gasteiger partial charge in [-0.15, -0.1) is 10.2 Å². The first-order valence-electron chi connectivity index (χ1n) is 7.34. The molecule has 2 aromatic heterocycles. The maximum absolute atomic E-state index is 6.10. The van der Waals surface area contributed by atoms with E-state index in [0.29, 0.717) is 27.1 Å². The Bertz CT molecular complexity index is 839. The zero-order valence-electron chi connectivity index (χ0n) is 12.1. The SMILES string of the molecule is Clc1cc(Cl)c2nc(Nc3nnc(CN4CCCC4)[nH]3)oc2c1.